The van der Waals surface area contributed by atoms with Crippen molar-refractivity contribution in [1.29, 1.82) is 0 Å². The van der Waals surface area contributed by atoms with Crippen LogP contribution in [0.15, 0.2) is 53.4 Å². The van der Waals surface area contributed by atoms with Crippen LogP contribution in [0.5, 0.6) is 5.75 Å². The first-order valence-electron chi connectivity index (χ1n) is 8.45. The van der Waals surface area contributed by atoms with E-state index in [1.807, 2.05) is 18.2 Å². The van der Waals surface area contributed by atoms with Gasteiger partial charge in [0.05, 0.1) is 18.4 Å². The molecule has 0 N–H and O–H groups in total. The van der Waals surface area contributed by atoms with Crippen LogP contribution in [0.2, 0.25) is 0 Å². The van der Waals surface area contributed by atoms with Crippen molar-refractivity contribution < 1.29 is 19.1 Å². The van der Waals surface area contributed by atoms with E-state index in [0.29, 0.717) is 23.1 Å². The number of amides is 1. The topological polar surface area (TPSA) is 55.8 Å². The Labute approximate surface area is 157 Å². The van der Waals surface area contributed by atoms with Crippen LogP contribution in [0.1, 0.15) is 23.7 Å². The zero-order chi connectivity index (χ0) is 18.5. The van der Waals surface area contributed by atoms with Crippen LogP contribution in [-0.4, -0.2) is 37.4 Å². The average Bonchev–Trinajstić information content (AvgIpc) is 2.84. The molecule has 0 spiro atoms. The molecule has 1 heterocycles. The first-order chi connectivity index (χ1) is 12.6. The van der Waals surface area contributed by atoms with Gasteiger partial charge in [0.2, 0.25) is 0 Å². The van der Waals surface area contributed by atoms with Crippen LogP contribution in [0, 0.1) is 0 Å². The van der Waals surface area contributed by atoms with Crippen molar-refractivity contribution >= 4 is 29.3 Å². The quantitative estimate of drug-likeness (QED) is 0.766. The molecule has 0 saturated carbocycles. The third-order valence-corrected chi connectivity index (χ3v) is 5.42. The van der Waals surface area contributed by atoms with Gasteiger partial charge >= 0.3 is 5.97 Å². The third kappa shape index (κ3) is 4.19. The summed E-state index contributed by atoms with van der Waals surface area (Å²) < 4.78 is 10.3. The minimum atomic E-state index is -0.402. The van der Waals surface area contributed by atoms with Crippen molar-refractivity contribution in [3.8, 4) is 5.75 Å². The van der Waals surface area contributed by atoms with E-state index >= 15 is 0 Å². The molecule has 0 aliphatic carbocycles. The maximum atomic E-state index is 12.7. The van der Waals surface area contributed by atoms with E-state index in [-0.39, 0.29) is 12.5 Å². The molecular formula is C20H21NO4S. The Balaban J connectivity index is 1.67. The first kappa shape index (κ1) is 18.3. The molecule has 1 unspecified atom stereocenters. The van der Waals surface area contributed by atoms with E-state index in [9.17, 15) is 9.59 Å². The lowest BCUT2D eigenvalue weighted by Gasteiger charge is -2.22. The van der Waals surface area contributed by atoms with E-state index in [2.05, 4.69) is 17.7 Å². The van der Waals surface area contributed by atoms with Gasteiger partial charge in [0, 0.05) is 16.7 Å². The van der Waals surface area contributed by atoms with Gasteiger partial charge in [-0.15, -0.1) is 11.8 Å². The number of carbonyl (C=O) groups excluding carboxylic acids is 2. The Bertz CT molecular complexity index is 791. The number of carbonyl (C=O) groups is 2. The summed E-state index contributed by atoms with van der Waals surface area (Å²) in [6.07, 6.45) is 0.929. The molecule has 1 amide bonds. The van der Waals surface area contributed by atoms with Gasteiger partial charge in [0.25, 0.3) is 5.91 Å². The lowest BCUT2D eigenvalue weighted by molar-refractivity contribution is -0.120. The van der Waals surface area contributed by atoms with Gasteiger partial charge in [-0.2, -0.15) is 0 Å². The Hall–Kier alpha value is -2.47. The van der Waals surface area contributed by atoms with Crippen molar-refractivity contribution in [1.82, 2.24) is 0 Å². The Morgan fingerprint density at radius 2 is 1.88 bits per heavy atom. The average molecular weight is 371 g/mol. The van der Waals surface area contributed by atoms with Gasteiger partial charge < -0.3 is 14.4 Å². The lowest BCUT2D eigenvalue weighted by atomic mass is 10.2. The number of para-hydroxylation sites is 1. The number of fused-ring (bicyclic) bond motifs is 1. The molecule has 136 valence electrons. The number of rotatable bonds is 4. The predicted octanol–water partition coefficient (Wildman–Crippen LogP) is 3.77. The fraction of sp³-hybridized carbons (Fsp3) is 0.300. The van der Waals surface area contributed by atoms with Gasteiger partial charge in [-0.05, 0) is 42.8 Å². The second kappa shape index (κ2) is 8.27. The smallest absolute Gasteiger partial charge is 0.337 e. The molecule has 0 saturated heterocycles. The number of benzene rings is 2. The highest BCUT2D eigenvalue weighted by atomic mass is 32.2. The molecule has 1 atom stereocenters. The zero-order valence-corrected chi connectivity index (χ0v) is 15.6. The van der Waals surface area contributed by atoms with Crippen LogP contribution >= 0.6 is 11.8 Å². The molecular weight excluding hydrogens is 350 g/mol. The van der Waals surface area contributed by atoms with E-state index in [1.165, 1.54) is 7.11 Å². The normalized spacial score (nSPS) is 16.4. The summed E-state index contributed by atoms with van der Waals surface area (Å²) >= 11 is 1.80. The number of methoxy groups -OCH3 is 1. The van der Waals surface area contributed by atoms with E-state index < -0.39 is 5.97 Å². The number of nitrogens with zero attached hydrogens (tertiary/aromatic N) is 1. The maximum absolute atomic E-state index is 12.7. The monoisotopic (exact) mass is 371 g/mol. The van der Waals surface area contributed by atoms with Crippen LogP contribution < -0.4 is 9.64 Å². The van der Waals surface area contributed by atoms with Crippen LogP contribution in [0.3, 0.4) is 0 Å². The molecule has 26 heavy (non-hydrogen) atoms. The molecule has 1 aliphatic rings. The summed E-state index contributed by atoms with van der Waals surface area (Å²) in [5.74, 6) is 0.0569. The fourth-order valence-corrected chi connectivity index (χ4v) is 3.89. The standard InChI is InChI=1S/C20H21NO4S/c1-14-11-12-21(17-5-3-4-6-18(17)26-14)19(22)13-25-16-9-7-15(8-10-16)20(23)24-2/h3-10,14H,11-13H2,1-2H3. The van der Waals surface area contributed by atoms with Gasteiger partial charge in [-0.1, -0.05) is 19.1 Å². The number of ether oxygens (including phenoxy) is 2. The summed E-state index contributed by atoms with van der Waals surface area (Å²) in [6, 6.07) is 14.5. The van der Waals surface area contributed by atoms with Crippen LogP contribution in [0.4, 0.5) is 5.69 Å². The highest BCUT2D eigenvalue weighted by Gasteiger charge is 2.24. The second-order valence-electron chi connectivity index (χ2n) is 6.03. The summed E-state index contributed by atoms with van der Waals surface area (Å²) in [5, 5.41) is 0.459. The number of hydrogen-bond acceptors (Lipinski definition) is 5. The van der Waals surface area contributed by atoms with Crippen molar-refractivity contribution in [3.05, 3.63) is 54.1 Å². The number of anilines is 1. The van der Waals surface area contributed by atoms with Crippen molar-refractivity contribution in [2.45, 2.75) is 23.5 Å². The molecule has 5 nitrogen and oxygen atoms in total. The largest absolute Gasteiger partial charge is 0.484 e. The summed E-state index contributed by atoms with van der Waals surface area (Å²) in [7, 11) is 1.34. The molecule has 2 aromatic rings. The second-order valence-corrected chi connectivity index (χ2v) is 7.52. The Morgan fingerprint density at radius 1 is 1.15 bits per heavy atom. The molecule has 3 rings (SSSR count). The molecule has 2 aromatic carbocycles. The van der Waals surface area contributed by atoms with Gasteiger partial charge in [0.1, 0.15) is 5.75 Å². The SMILES string of the molecule is COC(=O)c1ccc(OCC(=O)N2CCC(C)Sc3ccccc32)cc1. The van der Waals surface area contributed by atoms with Gasteiger partial charge in [-0.25, -0.2) is 4.79 Å². The van der Waals surface area contributed by atoms with Crippen molar-refractivity contribution in [2.75, 3.05) is 25.2 Å². The van der Waals surface area contributed by atoms with Crippen LogP contribution in [0.25, 0.3) is 0 Å². The van der Waals surface area contributed by atoms with E-state index in [0.717, 1.165) is 17.0 Å². The number of hydrogen-bond donors (Lipinski definition) is 0. The highest BCUT2D eigenvalue weighted by Crippen LogP contribution is 2.37. The predicted molar refractivity (Wildman–Crippen MR) is 102 cm³/mol. The van der Waals surface area contributed by atoms with Crippen molar-refractivity contribution in [2.24, 2.45) is 0 Å². The fourth-order valence-electron chi connectivity index (χ4n) is 2.77. The number of thioether (sulfide) groups is 1. The van der Waals surface area contributed by atoms with Gasteiger partial charge in [-0.3, -0.25) is 4.79 Å². The number of esters is 1. The van der Waals surface area contributed by atoms with E-state index in [4.69, 9.17) is 4.74 Å². The summed E-state index contributed by atoms with van der Waals surface area (Å²) in [6.45, 7) is 2.80. The Kier molecular flexibility index (Phi) is 5.83. The molecule has 6 heteroatoms. The van der Waals surface area contributed by atoms with Crippen LogP contribution in [-0.2, 0) is 9.53 Å². The Morgan fingerprint density at radius 3 is 2.62 bits per heavy atom. The molecule has 0 fully saturated rings. The zero-order valence-electron chi connectivity index (χ0n) is 14.8. The summed E-state index contributed by atoms with van der Waals surface area (Å²) in [4.78, 5) is 27.1. The highest BCUT2D eigenvalue weighted by molar-refractivity contribution is 8.00. The van der Waals surface area contributed by atoms with Crippen molar-refractivity contribution in [3.63, 3.8) is 0 Å². The molecule has 0 radical (unpaired) electrons. The molecule has 0 aromatic heterocycles. The first-order valence-corrected chi connectivity index (χ1v) is 9.33. The molecule has 0 bridgehead atoms. The maximum Gasteiger partial charge on any atom is 0.337 e. The lowest BCUT2D eigenvalue weighted by Crippen LogP contribution is -2.36. The van der Waals surface area contributed by atoms with E-state index in [1.54, 1.807) is 40.9 Å². The van der Waals surface area contributed by atoms with Gasteiger partial charge in [0.15, 0.2) is 6.61 Å². The minimum Gasteiger partial charge on any atom is -0.484 e. The summed E-state index contributed by atoms with van der Waals surface area (Å²) in [5.41, 5.74) is 1.38. The molecule has 1 aliphatic heterocycles. The third-order valence-electron chi connectivity index (χ3n) is 4.18. The minimum absolute atomic E-state index is 0.0506.